The number of halogens is 1. The van der Waals surface area contributed by atoms with Crippen LogP contribution in [0.2, 0.25) is 0 Å². The van der Waals surface area contributed by atoms with Crippen molar-refractivity contribution in [3.8, 4) is 5.75 Å². The van der Waals surface area contributed by atoms with E-state index >= 15 is 0 Å². The summed E-state index contributed by atoms with van der Waals surface area (Å²) in [7, 11) is 0. The van der Waals surface area contributed by atoms with Gasteiger partial charge in [0.05, 0.1) is 16.6 Å². The van der Waals surface area contributed by atoms with Gasteiger partial charge in [0.2, 0.25) is 5.91 Å². The first-order chi connectivity index (χ1) is 10.8. The molecule has 122 valence electrons. The lowest BCUT2D eigenvalue weighted by molar-refractivity contribution is -0.122. The molecule has 0 saturated heterocycles. The van der Waals surface area contributed by atoms with Crippen LogP contribution >= 0.6 is 27.3 Å². The Morgan fingerprint density at radius 2 is 2.22 bits per heavy atom. The summed E-state index contributed by atoms with van der Waals surface area (Å²) in [5, 5.41) is 4.75. The van der Waals surface area contributed by atoms with E-state index in [1.165, 1.54) is 11.3 Å². The fraction of sp³-hybridized carbons (Fsp3) is 0.267. The van der Waals surface area contributed by atoms with Crippen LogP contribution in [-0.4, -0.2) is 22.9 Å². The Bertz CT molecular complexity index is 733. The number of carbonyl (C=O) groups excluding carboxylic acids is 2. The molecule has 0 bridgehead atoms. The number of primary amides is 1. The zero-order valence-corrected chi connectivity index (χ0v) is 15.0. The third-order valence-corrected chi connectivity index (χ3v) is 4.32. The van der Waals surface area contributed by atoms with E-state index in [1.54, 1.807) is 18.4 Å². The first-order valence-corrected chi connectivity index (χ1v) is 8.49. The minimum atomic E-state index is -0.697. The van der Waals surface area contributed by atoms with Crippen LogP contribution in [0.25, 0.3) is 0 Å². The number of nitrogens with one attached hydrogen (secondary N) is 1. The molecule has 1 heterocycles. The molecule has 1 atom stereocenters. The molecule has 6 nitrogen and oxygen atoms in total. The number of thiazole rings is 1. The maximum Gasteiger partial charge on any atom is 0.266 e. The molecule has 3 N–H and O–H groups in total. The van der Waals surface area contributed by atoms with Crippen molar-refractivity contribution in [1.82, 2.24) is 4.98 Å². The molecular weight excluding hydrogens is 382 g/mol. The molecule has 0 spiro atoms. The van der Waals surface area contributed by atoms with Crippen molar-refractivity contribution in [1.29, 1.82) is 0 Å². The summed E-state index contributed by atoms with van der Waals surface area (Å²) in [5.74, 6) is -0.196. The number of nitrogens with zero attached hydrogens (tertiary/aromatic N) is 1. The van der Waals surface area contributed by atoms with Crippen LogP contribution in [0.1, 0.15) is 18.2 Å². The van der Waals surface area contributed by atoms with Crippen molar-refractivity contribution < 1.29 is 14.3 Å². The smallest absolute Gasteiger partial charge is 0.266 e. The number of aromatic nitrogens is 1. The van der Waals surface area contributed by atoms with Gasteiger partial charge in [-0.05, 0) is 47.5 Å². The van der Waals surface area contributed by atoms with Gasteiger partial charge in [-0.2, -0.15) is 0 Å². The highest BCUT2D eigenvalue weighted by molar-refractivity contribution is 9.10. The number of aryl methyl sites for hydroxylation is 1. The zero-order chi connectivity index (χ0) is 17.0. The van der Waals surface area contributed by atoms with Crippen LogP contribution in [0.3, 0.4) is 0 Å². The number of anilines is 1. The molecule has 8 heteroatoms. The van der Waals surface area contributed by atoms with Gasteiger partial charge in [0.25, 0.3) is 5.91 Å². The van der Waals surface area contributed by atoms with Crippen LogP contribution < -0.4 is 15.8 Å². The quantitative estimate of drug-likeness (QED) is 0.782. The molecule has 2 amide bonds. The largest absolute Gasteiger partial charge is 0.480 e. The predicted molar refractivity (Wildman–Crippen MR) is 92.6 cm³/mol. The molecule has 1 unspecified atom stereocenters. The first-order valence-electron chi connectivity index (χ1n) is 6.81. The van der Waals surface area contributed by atoms with Crippen LogP contribution in [0.5, 0.6) is 5.75 Å². The Morgan fingerprint density at radius 1 is 1.48 bits per heavy atom. The van der Waals surface area contributed by atoms with E-state index < -0.39 is 12.0 Å². The Kier molecular flexibility index (Phi) is 5.73. The van der Waals surface area contributed by atoms with Gasteiger partial charge in [-0.25, -0.2) is 4.98 Å². The molecule has 0 radical (unpaired) electrons. The van der Waals surface area contributed by atoms with E-state index in [1.807, 2.05) is 19.1 Å². The summed E-state index contributed by atoms with van der Waals surface area (Å²) in [6.45, 7) is 3.62. The van der Waals surface area contributed by atoms with Gasteiger partial charge in [-0.3, -0.25) is 14.9 Å². The predicted octanol–water partition coefficient (Wildman–Crippen LogP) is 2.65. The number of amides is 2. The molecule has 1 aromatic heterocycles. The summed E-state index contributed by atoms with van der Waals surface area (Å²) in [6.07, 6.45) is -0.646. The number of hydrogen-bond acceptors (Lipinski definition) is 5. The lowest BCUT2D eigenvalue weighted by Crippen LogP contribution is -2.30. The number of nitrogens with two attached hydrogens (primary N) is 1. The molecular formula is C15H16BrN3O3S. The van der Waals surface area contributed by atoms with Gasteiger partial charge < -0.3 is 10.5 Å². The first kappa shape index (κ1) is 17.4. The second-order valence-corrected chi connectivity index (χ2v) is 6.68. The molecule has 0 saturated carbocycles. The van der Waals surface area contributed by atoms with E-state index in [9.17, 15) is 9.59 Å². The van der Waals surface area contributed by atoms with Crippen LogP contribution in [0.4, 0.5) is 5.13 Å². The highest BCUT2D eigenvalue weighted by atomic mass is 79.9. The van der Waals surface area contributed by atoms with Crippen molar-refractivity contribution in [2.75, 3.05) is 5.32 Å². The number of rotatable bonds is 6. The monoisotopic (exact) mass is 397 g/mol. The highest BCUT2D eigenvalue weighted by Gasteiger charge is 2.17. The van der Waals surface area contributed by atoms with Crippen LogP contribution in [0, 0.1) is 6.92 Å². The van der Waals surface area contributed by atoms with E-state index in [2.05, 4.69) is 26.2 Å². The van der Waals surface area contributed by atoms with Gasteiger partial charge in [0, 0.05) is 5.38 Å². The number of benzene rings is 1. The third-order valence-electron chi connectivity index (χ3n) is 2.90. The fourth-order valence-electron chi connectivity index (χ4n) is 1.78. The normalized spacial score (nSPS) is 11.8. The molecule has 0 aliphatic heterocycles. The molecule has 1 aromatic carbocycles. The summed E-state index contributed by atoms with van der Waals surface area (Å²) >= 11 is 4.64. The average Bonchev–Trinajstić information content (AvgIpc) is 2.88. The van der Waals surface area contributed by atoms with Gasteiger partial charge in [-0.15, -0.1) is 11.3 Å². The topological polar surface area (TPSA) is 94.3 Å². The number of hydrogen-bond donors (Lipinski definition) is 2. The van der Waals surface area contributed by atoms with Crippen LogP contribution in [0.15, 0.2) is 28.1 Å². The molecule has 2 rings (SSSR count). The van der Waals surface area contributed by atoms with Crippen molar-refractivity contribution in [2.24, 2.45) is 5.73 Å². The van der Waals surface area contributed by atoms with Crippen molar-refractivity contribution in [3.05, 3.63) is 39.3 Å². The average molecular weight is 398 g/mol. The lowest BCUT2D eigenvalue weighted by atomic mass is 10.2. The minimum absolute atomic E-state index is 0.0503. The van der Waals surface area contributed by atoms with Gasteiger partial charge in [-0.1, -0.05) is 6.07 Å². The van der Waals surface area contributed by atoms with Gasteiger partial charge >= 0.3 is 0 Å². The third kappa shape index (κ3) is 5.04. The summed E-state index contributed by atoms with van der Waals surface area (Å²) in [6, 6.07) is 5.62. The molecule has 2 aromatic rings. The van der Waals surface area contributed by atoms with E-state index in [0.29, 0.717) is 16.6 Å². The Balaban J connectivity index is 1.97. The van der Waals surface area contributed by atoms with Crippen molar-refractivity contribution >= 4 is 44.2 Å². The van der Waals surface area contributed by atoms with Crippen molar-refractivity contribution in [2.45, 2.75) is 26.4 Å². The maximum absolute atomic E-state index is 12.2. The Morgan fingerprint density at radius 3 is 2.87 bits per heavy atom. The van der Waals surface area contributed by atoms with E-state index in [0.717, 1.165) is 10.0 Å². The zero-order valence-electron chi connectivity index (χ0n) is 12.6. The van der Waals surface area contributed by atoms with Gasteiger partial charge in [0.1, 0.15) is 5.75 Å². The molecule has 23 heavy (non-hydrogen) atoms. The Hall–Kier alpha value is -1.93. The van der Waals surface area contributed by atoms with Gasteiger partial charge in [0.15, 0.2) is 11.2 Å². The number of ether oxygens (including phenoxy) is 1. The second-order valence-electron chi connectivity index (χ2n) is 4.97. The molecule has 0 fully saturated rings. The SMILES string of the molecule is Cc1ccc(OC(C)C(=O)Nc2nc(CC(N)=O)cs2)c(Br)c1. The lowest BCUT2D eigenvalue weighted by Gasteiger charge is -2.15. The number of carbonyl (C=O) groups is 2. The maximum atomic E-state index is 12.2. The highest BCUT2D eigenvalue weighted by Crippen LogP contribution is 2.27. The summed E-state index contributed by atoms with van der Waals surface area (Å²) in [4.78, 5) is 27.1. The Labute approximate surface area is 146 Å². The molecule has 0 aliphatic carbocycles. The molecule has 0 aliphatic rings. The summed E-state index contributed by atoms with van der Waals surface area (Å²) in [5.41, 5.74) is 6.73. The fourth-order valence-corrected chi connectivity index (χ4v) is 3.08. The summed E-state index contributed by atoms with van der Waals surface area (Å²) < 4.78 is 6.44. The van der Waals surface area contributed by atoms with E-state index in [4.69, 9.17) is 10.5 Å². The van der Waals surface area contributed by atoms with E-state index in [-0.39, 0.29) is 12.3 Å². The van der Waals surface area contributed by atoms with Crippen LogP contribution in [-0.2, 0) is 16.0 Å². The minimum Gasteiger partial charge on any atom is -0.480 e. The second kappa shape index (κ2) is 7.56. The standard InChI is InChI=1S/C15H16BrN3O3S/c1-8-3-4-12(11(16)5-8)22-9(2)14(21)19-15-18-10(7-23-15)6-13(17)20/h3-5,7,9H,6H2,1-2H3,(H2,17,20)(H,18,19,21). The van der Waals surface area contributed by atoms with Crippen molar-refractivity contribution in [3.63, 3.8) is 0 Å².